The van der Waals surface area contributed by atoms with E-state index in [9.17, 15) is 14.9 Å². The van der Waals surface area contributed by atoms with Crippen molar-refractivity contribution in [1.82, 2.24) is 15.1 Å². The number of nitro groups is 1. The minimum absolute atomic E-state index is 0.0492. The summed E-state index contributed by atoms with van der Waals surface area (Å²) in [6.07, 6.45) is 1.39. The van der Waals surface area contributed by atoms with Crippen LogP contribution in [0.1, 0.15) is 28.8 Å². The number of nitro benzene ring substituents is 1. The van der Waals surface area contributed by atoms with Crippen LogP contribution in [0, 0.1) is 17.0 Å². The largest absolute Gasteiger partial charge is 0.471 e. The highest BCUT2D eigenvalue weighted by Crippen LogP contribution is 2.23. The van der Waals surface area contributed by atoms with E-state index in [1.807, 2.05) is 25.1 Å². The maximum atomic E-state index is 12.8. The summed E-state index contributed by atoms with van der Waals surface area (Å²) >= 11 is 0. The van der Waals surface area contributed by atoms with Crippen molar-refractivity contribution < 1.29 is 14.5 Å². The average molecular weight is 385 g/mol. The van der Waals surface area contributed by atoms with Gasteiger partial charge in [-0.3, -0.25) is 14.9 Å². The van der Waals surface area contributed by atoms with Gasteiger partial charge in [-0.15, -0.1) is 10.2 Å². The summed E-state index contributed by atoms with van der Waals surface area (Å²) in [5, 5.41) is 19.3. The van der Waals surface area contributed by atoms with Gasteiger partial charge in [0, 0.05) is 43.9 Å². The van der Waals surface area contributed by atoms with Gasteiger partial charge in [0.1, 0.15) is 6.10 Å². The molecule has 0 spiro atoms. The summed E-state index contributed by atoms with van der Waals surface area (Å²) in [6, 6.07) is 8.14. The number of likely N-dealkylation sites (tertiary alicyclic amines) is 1. The first-order chi connectivity index (χ1) is 13.3. The molecule has 0 aliphatic carbocycles. The van der Waals surface area contributed by atoms with Gasteiger partial charge in [0.25, 0.3) is 11.6 Å². The number of carbonyl (C=O) groups excluding carboxylic acids is 1. The number of hydrogen-bond acceptors (Lipinski definition) is 7. The Bertz CT molecular complexity index is 869. The third kappa shape index (κ3) is 4.36. The zero-order valence-electron chi connectivity index (χ0n) is 16.2. The van der Waals surface area contributed by atoms with Crippen molar-refractivity contribution in [2.45, 2.75) is 25.9 Å². The number of benzene rings is 1. The molecule has 1 atom stereocenters. The fourth-order valence-electron chi connectivity index (χ4n) is 3.13. The Morgan fingerprint density at radius 3 is 2.71 bits per heavy atom. The Balaban J connectivity index is 1.68. The van der Waals surface area contributed by atoms with Crippen molar-refractivity contribution in [3.8, 4) is 5.88 Å². The van der Waals surface area contributed by atoms with Crippen molar-refractivity contribution >= 4 is 17.4 Å². The molecule has 28 heavy (non-hydrogen) atoms. The normalized spacial score (nSPS) is 16.5. The highest BCUT2D eigenvalue weighted by atomic mass is 16.6. The minimum Gasteiger partial charge on any atom is -0.471 e. The van der Waals surface area contributed by atoms with E-state index in [1.165, 1.54) is 6.07 Å². The van der Waals surface area contributed by atoms with E-state index in [-0.39, 0.29) is 17.7 Å². The molecule has 9 heteroatoms. The Labute approximate surface area is 163 Å². The van der Waals surface area contributed by atoms with Gasteiger partial charge in [-0.2, -0.15) is 0 Å². The van der Waals surface area contributed by atoms with Crippen molar-refractivity contribution in [2.75, 3.05) is 32.1 Å². The fraction of sp³-hybridized carbons (Fsp3) is 0.421. The highest BCUT2D eigenvalue weighted by Gasteiger charge is 2.27. The first-order valence-corrected chi connectivity index (χ1v) is 9.07. The lowest BCUT2D eigenvalue weighted by molar-refractivity contribution is -0.385. The lowest BCUT2D eigenvalue weighted by atomic mass is 10.0. The van der Waals surface area contributed by atoms with E-state index in [0.29, 0.717) is 30.1 Å². The van der Waals surface area contributed by atoms with E-state index < -0.39 is 4.92 Å². The molecule has 148 valence electrons. The molecule has 1 unspecified atom stereocenters. The van der Waals surface area contributed by atoms with Crippen LogP contribution in [-0.2, 0) is 0 Å². The third-order valence-corrected chi connectivity index (χ3v) is 4.69. The number of rotatable bonds is 5. The van der Waals surface area contributed by atoms with Gasteiger partial charge in [0.15, 0.2) is 5.82 Å². The van der Waals surface area contributed by atoms with Crippen LogP contribution >= 0.6 is 0 Å². The van der Waals surface area contributed by atoms with Gasteiger partial charge in [-0.05, 0) is 31.9 Å². The van der Waals surface area contributed by atoms with Crippen LogP contribution in [-0.4, -0.2) is 59.2 Å². The fourth-order valence-corrected chi connectivity index (χ4v) is 3.13. The molecule has 2 aromatic rings. The smallest absolute Gasteiger partial charge is 0.273 e. The summed E-state index contributed by atoms with van der Waals surface area (Å²) in [7, 11) is 3.76. The molecular formula is C19H23N5O4. The first kappa shape index (κ1) is 19.5. The van der Waals surface area contributed by atoms with E-state index >= 15 is 0 Å². The summed E-state index contributed by atoms with van der Waals surface area (Å²) in [5.74, 6) is 0.912. The lowest BCUT2D eigenvalue weighted by Crippen LogP contribution is -2.44. The van der Waals surface area contributed by atoms with Crippen molar-refractivity contribution in [3.05, 3.63) is 51.6 Å². The summed E-state index contributed by atoms with van der Waals surface area (Å²) in [6.45, 7) is 2.64. The molecule has 1 aromatic carbocycles. The number of piperidine rings is 1. The summed E-state index contributed by atoms with van der Waals surface area (Å²) in [4.78, 5) is 27.0. The molecule has 1 fully saturated rings. The monoisotopic (exact) mass is 385 g/mol. The molecular weight excluding hydrogens is 362 g/mol. The number of aromatic nitrogens is 2. The standard InChI is InChI=1S/C19H23N5O4/c1-13-6-7-14(11-16(13)24(26)27)19(25)23-10-4-5-15(12-23)28-18-9-8-17(20-21-18)22(2)3/h6-9,11,15H,4-5,10,12H2,1-3H3. The van der Waals surface area contributed by atoms with Crippen LogP contribution in [0.2, 0.25) is 0 Å². The molecule has 1 aromatic heterocycles. The van der Waals surface area contributed by atoms with Gasteiger partial charge in [0.2, 0.25) is 5.88 Å². The third-order valence-electron chi connectivity index (χ3n) is 4.69. The zero-order chi connectivity index (χ0) is 20.3. The highest BCUT2D eigenvalue weighted by molar-refractivity contribution is 5.95. The maximum absolute atomic E-state index is 12.8. The molecule has 1 amide bonds. The number of carbonyl (C=O) groups is 1. The first-order valence-electron chi connectivity index (χ1n) is 9.07. The van der Waals surface area contributed by atoms with Crippen LogP contribution in [0.3, 0.4) is 0 Å². The van der Waals surface area contributed by atoms with Gasteiger partial charge in [0.05, 0.1) is 11.5 Å². The molecule has 0 radical (unpaired) electrons. The molecule has 0 bridgehead atoms. The van der Waals surface area contributed by atoms with Crippen molar-refractivity contribution in [2.24, 2.45) is 0 Å². The van der Waals surface area contributed by atoms with Crippen LogP contribution < -0.4 is 9.64 Å². The number of aryl methyl sites for hydroxylation is 1. The molecule has 0 N–H and O–H groups in total. The van der Waals surface area contributed by atoms with Crippen LogP contribution in [0.15, 0.2) is 30.3 Å². The van der Waals surface area contributed by atoms with Gasteiger partial charge >= 0.3 is 0 Å². The van der Waals surface area contributed by atoms with Crippen molar-refractivity contribution in [1.29, 1.82) is 0 Å². The number of ether oxygens (including phenoxy) is 1. The number of amides is 1. The van der Waals surface area contributed by atoms with E-state index in [2.05, 4.69) is 10.2 Å². The van der Waals surface area contributed by atoms with Crippen LogP contribution in [0.25, 0.3) is 0 Å². The van der Waals surface area contributed by atoms with Crippen molar-refractivity contribution in [3.63, 3.8) is 0 Å². The van der Waals surface area contributed by atoms with E-state index in [4.69, 9.17) is 4.74 Å². The van der Waals surface area contributed by atoms with E-state index in [0.717, 1.165) is 18.7 Å². The maximum Gasteiger partial charge on any atom is 0.273 e. The second-order valence-electron chi connectivity index (χ2n) is 7.02. The molecule has 3 rings (SSSR count). The number of anilines is 1. The predicted octanol–water partition coefficient (Wildman–Crippen LogP) is 2.44. The SMILES string of the molecule is Cc1ccc(C(=O)N2CCCC(Oc3ccc(N(C)C)nn3)C2)cc1[N+](=O)[O-]. The topological polar surface area (TPSA) is 102 Å². The second-order valence-corrected chi connectivity index (χ2v) is 7.02. The van der Waals surface area contributed by atoms with Gasteiger partial charge in [-0.1, -0.05) is 6.07 Å². The Hall–Kier alpha value is -3.23. The number of nitrogens with zero attached hydrogens (tertiary/aromatic N) is 5. The average Bonchev–Trinajstić information content (AvgIpc) is 2.68. The zero-order valence-corrected chi connectivity index (χ0v) is 16.2. The summed E-state index contributed by atoms with van der Waals surface area (Å²) < 4.78 is 5.89. The predicted molar refractivity (Wildman–Crippen MR) is 104 cm³/mol. The Kier molecular flexibility index (Phi) is 5.72. The number of hydrogen-bond donors (Lipinski definition) is 0. The second kappa shape index (κ2) is 8.20. The van der Waals surface area contributed by atoms with Gasteiger partial charge in [-0.25, -0.2) is 0 Å². The lowest BCUT2D eigenvalue weighted by Gasteiger charge is -2.32. The van der Waals surface area contributed by atoms with Gasteiger partial charge < -0.3 is 14.5 Å². The Morgan fingerprint density at radius 1 is 1.29 bits per heavy atom. The van der Waals surface area contributed by atoms with E-state index in [1.54, 1.807) is 30.0 Å². The van der Waals surface area contributed by atoms with Crippen LogP contribution in [0.4, 0.5) is 11.5 Å². The summed E-state index contributed by atoms with van der Waals surface area (Å²) in [5.41, 5.74) is 0.793. The molecule has 1 aliphatic rings. The molecule has 2 heterocycles. The van der Waals surface area contributed by atoms with Crippen LogP contribution in [0.5, 0.6) is 5.88 Å². The molecule has 1 saturated heterocycles. The molecule has 0 saturated carbocycles. The quantitative estimate of drug-likeness (QED) is 0.575. The molecule has 9 nitrogen and oxygen atoms in total. The minimum atomic E-state index is -0.468. The molecule has 1 aliphatic heterocycles. The Morgan fingerprint density at radius 2 is 2.07 bits per heavy atom.